The third-order valence-electron chi connectivity index (χ3n) is 2.11. The number of benzene rings is 1. The summed E-state index contributed by atoms with van der Waals surface area (Å²) in [5.41, 5.74) is 2.59. The van der Waals surface area contributed by atoms with Crippen LogP contribution >= 0.6 is 11.6 Å². The molecule has 0 amide bonds. The van der Waals surface area contributed by atoms with Crippen LogP contribution in [0.3, 0.4) is 0 Å². The van der Waals surface area contributed by atoms with E-state index in [9.17, 15) is 5.11 Å². The zero-order chi connectivity index (χ0) is 10.1. The van der Waals surface area contributed by atoms with E-state index in [-0.39, 0.29) is 0 Å². The summed E-state index contributed by atoms with van der Waals surface area (Å²) >= 11 is 5.87. The second-order valence-electron chi connectivity index (χ2n) is 3.16. The van der Waals surface area contributed by atoms with Gasteiger partial charge in [-0.3, -0.25) is 0 Å². The first kappa shape index (κ1) is 9.31. The molecule has 1 unspecified atom stereocenters. The van der Waals surface area contributed by atoms with E-state index >= 15 is 0 Å². The molecule has 2 rings (SSSR count). The summed E-state index contributed by atoms with van der Waals surface area (Å²) in [6.45, 7) is 3.81. The number of aliphatic hydroxyl groups excluding tert-OH is 1. The number of halogens is 1. The van der Waals surface area contributed by atoms with Gasteiger partial charge in [0, 0.05) is 16.3 Å². The van der Waals surface area contributed by atoms with Crippen LogP contribution in [0.15, 0.2) is 42.6 Å². The Morgan fingerprint density at radius 1 is 1.43 bits per heavy atom. The van der Waals surface area contributed by atoms with E-state index in [1.807, 2.05) is 24.3 Å². The minimum Gasteiger partial charge on any atom is -0.370 e. The summed E-state index contributed by atoms with van der Waals surface area (Å²) in [4.78, 5) is 0. The van der Waals surface area contributed by atoms with Crippen molar-refractivity contribution in [2.24, 2.45) is 0 Å². The lowest BCUT2D eigenvalue weighted by molar-refractivity contribution is 0.206. The summed E-state index contributed by atoms with van der Waals surface area (Å²) in [6, 6.07) is 7.46. The van der Waals surface area contributed by atoms with E-state index < -0.39 is 6.23 Å². The molecule has 2 N–H and O–H groups in total. The van der Waals surface area contributed by atoms with Crippen molar-refractivity contribution in [3.05, 3.63) is 53.2 Å². The smallest absolute Gasteiger partial charge is 0.144 e. The van der Waals surface area contributed by atoms with Crippen LogP contribution < -0.4 is 5.32 Å². The zero-order valence-corrected chi connectivity index (χ0v) is 8.25. The standard InChI is InChI=1S/C11H10ClNO/c1-7-10(6-11(14)13-7)8-3-2-4-9(12)5-8/h2-6,11,13-14H,1H2. The Hall–Kier alpha value is -1.25. The Kier molecular flexibility index (Phi) is 2.32. The first-order valence-electron chi connectivity index (χ1n) is 4.28. The zero-order valence-electron chi connectivity index (χ0n) is 7.50. The molecule has 14 heavy (non-hydrogen) atoms. The first-order chi connectivity index (χ1) is 6.66. The summed E-state index contributed by atoms with van der Waals surface area (Å²) in [7, 11) is 0. The maximum atomic E-state index is 9.32. The minimum atomic E-state index is -0.642. The molecule has 3 heteroatoms. The largest absolute Gasteiger partial charge is 0.370 e. The van der Waals surface area contributed by atoms with Crippen molar-refractivity contribution < 1.29 is 5.11 Å². The number of hydrogen-bond donors (Lipinski definition) is 2. The Bertz CT molecular complexity index is 412. The van der Waals surface area contributed by atoms with Gasteiger partial charge in [-0.2, -0.15) is 0 Å². The van der Waals surface area contributed by atoms with Crippen LogP contribution in [0.1, 0.15) is 5.56 Å². The van der Waals surface area contributed by atoms with Gasteiger partial charge in [-0.25, -0.2) is 0 Å². The van der Waals surface area contributed by atoms with Crippen LogP contribution in [-0.2, 0) is 0 Å². The topological polar surface area (TPSA) is 32.3 Å². The molecule has 0 fully saturated rings. The van der Waals surface area contributed by atoms with Crippen molar-refractivity contribution in [3.63, 3.8) is 0 Å². The highest BCUT2D eigenvalue weighted by molar-refractivity contribution is 6.30. The van der Waals surface area contributed by atoms with Crippen LogP contribution in [0.25, 0.3) is 5.57 Å². The van der Waals surface area contributed by atoms with Gasteiger partial charge in [0.15, 0.2) is 0 Å². The van der Waals surface area contributed by atoms with Gasteiger partial charge in [0.2, 0.25) is 0 Å². The molecule has 1 aromatic carbocycles. The van der Waals surface area contributed by atoms with E-state index in [0.717, 1.165) is 16.8 Å². The number of allylic oxidation sites excluding steroid dienone is 1. The van der Waals surface area contributed by atoms with Gasteiger partial charge in [0.1, 0.15) is 6.23 Å². The van der Waals surface area contributed by atoms with Crippen LogP contribution in [0.4, 0.5) is 0 Å². The highest BCUT2D eigenvalue weighted by Crippen LogP contribution is 2.27. The van der Waals surface area contributed by atoms with Gasteiger partial charge >= 0.3 is 0 Å². The van der Waals surface area contributed by atoms with E-state index in [1.165, 1.54) is 0 Å². The van der Waals surface area contributed by atoms with Crippen LogP contribution in [0.2, 0.25) is 5.02 Å². The molecular weight excluding hydrogens is 198 g/mol. The second kappa shape index (κ2) is 3.48. The molecule has 2 nitrogen and oxygen atoms in total. The van der Waals surface area contributed by atoms with Crippen molar-refractivity contribution >= 4 is 17.2 Å². The lowest BCUT2D eigenvalue weighted by atomic mass is 10.1. The van der Waals surface area contributed by atoms with Crippen molar-refractivity contribution in [1.29, 1.82) is 0 Å². The molecule has 1 heterocycles. The molecule has 1 aromatic rings. The highest BCUT2D eigenvalue weighted by atomic mass is 35.5. The molecule has 1 atom stereocenters. The summed E-state index contributed by atoms with van der Waals surface area (Å²) < 4.78 is 0. The lowest BCUT2D eigenvalue weighted by Crippen LogP contribution is -2.18. The summed E-state index contributed by atoms with van der Waals surface area (Å²) in [5, 5.41) is 12.8. The maximum absolute atomic E-state index is 9.32. The molecule has 0 aliphatic carbocycles. The Morgan fingerprint density at radius 3 is 2.79 bits per heavy atom. The van der Waals surface area contributed by atoms with Crippen molar-refractivity contribution in [1.82, 2.24) is 5.32 Å². The third kappa shape index (κ3) is 1.67. The van der Waals surface area contributed by atoms with Crippen molar-refractivity contribution in [3.8, 4) is 0 Å². The molecule has 0 spiro atoms. The van der Waals surface area contributed by atoms with E-state index in [2.05, 4.69) is 11.9 Å². The molecule has 1 aliphatic rings. The third-order valence-corrected chi connectivity index (χ3v) is 2.34. The van der Waals surface area contributed by atoms with Gasteiger partial charge in [-0.1, -0.05) is 30.3 Å². The molecule has 0 bridgehead atoms. The number of nitrogens with one attached hydrogen (secondary N) is 1. The van der Waals surface area contributed by atoms with Crippen LogP contribution in [0.5, 0.6) is 0 Å². The molecule has 0 aromatic heterocycles. The predicted molar refractivity (Wildman–Crippen MR) is 57.7 cm³/mol. The average Bonchev–Trinajstić information content (AvgIpc) is 2.45. The molecular formula is C11H10ClNO. The monoisotopic (exact) mass is 207 g/mol. The van der Waals surface area contributed by atoms with Crippen molar-refractivity contribution in [2.75, 3.05) is 0 Å². The maximum Gasteiger partial charge on any atom is 0.144 e. The van der Waals surface area contributed by atoms with E-state index in [0.29, 0.717) is 5.02 Å². The Labute approximate surface area is 87.5 Å². The number of hydrogen-bond acceptors (Lipinski definition) is 2. The molecule has 0 saturated carbocycles. The number of rotatable bonds is 1. The van der Waals surface area contributed by atoms with Crippen molar-refractivity contribution in [2.45, 2.75) is 6.23 Å². The van der Waals surface area contributed by atoms with E-state index in [4.69, 9.17) is 11.6 Å². The van der Waals surface area contributed by atoms with E-state index in [1.54, 1.807) is 6.08 Å². The Morgan fingerprint density at radius 2 is 2.21 bits per heavy atom. The lowest BCUT2D eigenvalue weighted by Gasteiger charge is -2.05. The van der Waals surface area contributed by atoms with Gasteiger partial charge in [0.25, 0.3) is 0 Å². The van der Waals surface area contributed by atoms with Gasteiger partial charge in [-0.15, -0.1) is 0 Å². The van der Waals surface area contributed by atoms with Gasteiger partial charge in [0.05, 0.1) is 0 Å². The molecule has 72 valence electrons. The predicted octanol–water partition coefficient (Wildman–Crippen LogP) is 2.16. The Balaban J connectivity index is 2.40. The molecule has 0 radical (unpaired) electrons. The number of aliphatic hydroxyl groups is 1. The second-order valence-corrected chi connectivity index (χ2v) is 3.59. The SMILES string of the molecule is C=C1NC(O)C=C1c1cccc(Cl)c1. The fourth-order valence-electron chi connectivity index (χ4n) is 1.48. The summed E-state index contributed by atoms with van der Waals surface area (Å²) in [6.07, 6.45) is 1.07. The quantitative estimate of drug-likeness (QED) is 0.740. The normalized spacial score (nSPS) is 20.6. The first-order valence-corrected chi connectivity index (χ1v) is 4.66. The fourth-order valence-corrected chi connectivity index (χ4v) is 1.67. The van der Waals surface area contributed by atoms with Crippen LogP contribution in [-0.4, -0.2) is 11.3 Å². The molecule has 0 saturated heterocycles. The summed E-state index contributed by atoms with van der Waals surface area (Å²) in [5.74, 6) is 0. The van der Waals surface area contributed by atoms with Crippen LogP contribution in [0, 0.1) is 0 Å². The fraction of sp³-hybridized carbons (Fsp3) is 0.0909. The molecule has 1 aliphatic heterocycles. The van der Waals surface area contributed by atoms with Gasteiger partial charge < -0.3 is 10.4 Å². The average molecular weight is 208 g/mol. The minimum absolute atomic E-state index is 0.642. The highest BCUT2D eigenvalue weighted by Gasteiger charge is 2.16. The van der Waals surface area contributed by atoms with Gasteiger partial charge in [-0.05, 0) is 23.8 Å².